The number of carbonyl (C=O) groups excluding carboxylic acids is 2. The van der Waals surface area contributed by atoms with Crippen LogP contribution in [0.4, 0.5) is 0 Å². The molecule has 0 bridgehead atoms. The molecule has 0 aromatic heterocycles. The fourth-order valence-electron chi connectivity index (χ4n) is 2.27. The first-order valence-electron chi connectivity index (χ1n) is 6.46. The second-order valence-corrected chi connectivity index (χ2v) is 4.90. The molecule has 6 nitrogen and oxygen atoms in total. The zero-order valence-corrected chi connectivity index (χ0v) is 11.3. The third-order valence-corrected chi connectivity index (χ3v) is 3.23. The molecule has 1 aliphatic heterocycles. The molecule has 3 N–H and O–H groups in total. The van der Waals surface area contributed by atoms with Crippen LogP contribution >= 0.6 is 0 Å². The average molecular weight is 278 g/mol. The fraction of sp³-hybridized carbons (Fsp3) is 0.429. The summed E-state index contributed by atoms with van der Waals surface area (Å²) in [6, 6.07) is 6.22. The van der Waals surface area contributed by atoms with Crippen molar-refractivity contribution in [2.24, 2.45) is 5.73 Å². The zero-order chi connectivity index (χ0) is 14.7. The van der Waals surface area contributed by atoms with Gasteiger partial charge in [-0.3, -0.25) is 9.59 Å². The molecule has 1 heterocycles. The third-order valence-electron chi connectivity index (χ3n) is 3.23. The van der Waals surface area contributed by atoms with E-state index in [0.717, 1.165) is 0 Å². The van der Waals surface area contributed by atoms with Crippen molar-refractivity contribution in [1.82, 2.24) is 4.90 Å². The van der Waals surface area contributed by atoms with E-state index in [9.17, 15) is 9.59 Å². The summed E-state index contributed by atoms with van der Waals surface area (Å²) in [5.41, 5.74) is 6.01. The molecule has 1 aliphatic rings. The van der Waals surface area contributed by atoms with E-state index in [1.165, 1.54) is 12.1 Å². The summed E-state index contributed by atoms with van der Waals surface area (Å²) < 4.78 is 5.50. The topological polar surface area (TPSA) is 92.9 Å². The van der Waals surface area contributed by atoms with Crippen LogP contribution in [0.3, 0.4) is 0 Å². The Morgan fingerprint density at radius 1 is 1.30 bits per heavy atom. The van der Waals surface area contributed by atoms with Crippen LogP contribution in [0.5, 0.6) is 0 Å². The Morgan fingerprint density at radius 3 is 2.45 bits per heavy atom. The standard InChI is InChI=1S/C14H18N2O4/c1-9-6-16(7-12(8-17)20-9)14(19)11-4-2-10(3-5-11)13(15)18/h2-5,9,12,17H,6-8H2,1H3,(H2,15,18). The molecule has 2 atom stereocenters. The lowest BCUT2D eigenvalue weighted by atomic mass is 10.1. The van der Waals surface area contributed by atoms with Gasteiger partial charge in [0.1, 0.15) is 0 Å². The molecule has 108 valence electrons. The minimum absolute atomic E-state index is 0.116. The van der Waals surface area contributed by atoms with Gasteiger partial charge in [-0.05, 0) is 31.2 Å². The molecule has 0 aliphatic carbocycles. The Kier molecular flexibility index (Phi) is 4.36. The fourth-order valence-corrected chi connectivity index (χ4v) is 2.27. The second kappa shape index (κ2) is 6.02. The lowest BCUT2D eigenvalue weighted by Crippen LogP contribution is -2.50. The van der Waals surface area contributed by atoms with Crippen molar-refractivity contribution in [2.45, 2.75) is 19.1 Å². The predicted molar refractivity (Wildman–Crippen MR) is 72.3 cm³/mol. The van der Waals surface area contributed by atoms with E-state index < -0.39 is 5.91 Å². The van der Waals surface area contributed by atoms with Crippen molar-refractivity contribution in [1.29, 1.82) is 0 Å². The summed E-state index contributed by atoms with van der Waals surface area (Å²) >= 11 is 0. The van der Waals surface area contributed by atoms with Crippen LogP contribution in [0.15, 0.2) is 24.3 Å². The van der Waals surface area contributed by atoms with Crippen molar-refractivity contribution in [3.8, 4) is 0 Å². The Hall–Kier alpha value is -1.92. The average Bonchev–Trinajstić information content (AvgIpc) is 2.45. The van der Waals surface area contributed by atoms with E-state index in [2.05, 4.69) is 0 Å². The molecule has 1 fully saturated rings. The van der Waals surface area contributed by atoms with Crippen LogP contribution in [0.1, 0.15) is 27.6 Å². The predicted octanol–water partition coefficient (Wildman–Crippen LogP) is 0.00730. The number of hydrogen-bond acceptors (Lipinski definition) is 4. The highest BCUT2D eigenvalue weighted by molar-refractivity contribution is 5.97. The number of amides is 2. The first-order valence-corrected chi connectivity index (χ1v) is 6.46. The first-order chi connectivity index (χ1) is 9.51. The molecule has 6 heteroatoms. The molecular weight excluding hydrogens is 260 g/mol. The number of ether oxygens (including phenoxy) is 1. The number of nitrogens with zero attached hydrogens (tertiary/aromatic N) is 1. The quantitative estimate of drug-likeness (QED) is 0.814. The molecule has 1 aromatic carbocycles. The van der Waals surface area contributed by atoms with Gasteiger partial charge in [-0.15, -0.1) is 0 Å². The molecule has 2 amide bonds. The summed E-state index contributed by atoms with van der Waals surface area (Å²) in [6.07, 6.45) is -0.470. The Bertz CT molecular complexity index is 500. The van der Waals surface area contributed by atoms with Gasteiger partial charge in [-0.1, -0.05) is 0 Å². The van der Waals surface area contributed by atoms with Gasteiger partial charge in [0.2, 0.25) is 5.91 Å². The molecule has 0 radical (unpaired) electrons. The summed E-state index contributed by atoms with van der Waals surface area (Å²) in [5, 5.41) is 9.16. The SMILES string of the molecule is CC1CN(C(=O)c2ccc(C(N)=O)cc2)CC(CO)O1. The number of hydrogen-bond donors (Lipinski definition) is 2. The summed E-state index contributed by atoms with van der Waals surface area (Å²) in [6.45, 7) is 2.58. The third kappa shape index (κ3) is 3.15. The minimum Gasteiger partial charge on any atom is -0.394 e. The van der Waals surface area contributed by atoms with Crippen LogP contribution in [-0.2, 0) is 4.74 Å². The van der Waals surface area contributed by atoms with Crippen LogP contribution in [-0.4, -0.2) is 53.7 Å². The summed E-state index contributed by atoms with van der Waals surface area (Å²) in [4.78, 5) is 25.0. The van der Waals surface area contributed by atoms with Gasteiger partial charge in [-0.25, -0.2) is 0 Å². The highest BCUT2D eigenvalue weighted by Crippen LogP contribution is 2.15. The van der Waals surface area contributed by atoms with Gasteiger partial charge < -0.3 is 20.5 Å². The normalized spacial score (nSPS) is 22.6. The van der Waals surface area contributed by atoms with Gasteiger partial charge in [-0.2, -0.15) is 0 Å². The van der Waals surface area contributed by atoms with Gasteiger partial charge in [0.05, 0.1) is 18.8 Å². The number of nitrogens with two attached hydrogens (primary N) is 1. The highest BCUT2D eigenvalue weighted by atomic mass is 16.5. The Balaban J connectivity index is 2.11. The number of morpholine rings is 1. The number of aliphatic hydroxyl groups is 1. The van der Waals surface area contributed by atoms with Gasteiger partial charge in [0, 0.05) is 24.2 Å². The van der Waals surface area contributed by atoms with Crippen molar-refractivity contribution >= 4 is 11.8 Å². The number of primary amides is 1. The molecular formula is C14H18N2O4. The van der Waals surface area contributed by atoms with Crippen molar-refractivity contribution in [3.05, 3.63) is 35.4 Å². The number of aliphatic hydroxyl groups excluding tert-OH is 1. The molecule has 0 saturated carbocycles. The first kappa shape index (κ1) is 14.5. The molecule has 20 heavy (non-hydrogen) atoms. The number of benzene rings is 1. The lowest BCUT2D eigenvalue weighted by molar-refractivity contribution is -0.0858. The lowest BCUT2D eigenvalue weighted by Gasteiger charge is -2.36. The van der Waals surface area contributed by atoms with E-state index >= 15 is 0 Å². The number of rotatable bonds is 3. The monoisotopic (exact) mass is 278 g/mol. The van der Waals surface area contributed by atoms with E-state index in [-0.39, 0.29) is 24.7 Å². The van der Waals surface area contributed by atoms with Crippen molar-refractivity contribution in [3.63, 3.8) is 0 Å². The largest absolute Gasteiger partial charge is 0.394 e. The Morgan fingerprint density at radius 2 is 1.90 bits per heavy atom. The van der Waals surface area contributed by atoms with Crippen molar-refractivity contribution in [2.75, 3.05) is 19.7 Å². The Labute approximate surface area is 117 Å². The molecule has 1 aromatic rings. The van der Waals surface area contributed by atoms with E-state index in [1.807, 2.05) is 6.92 Å². The maximum absolute atomic E-state index is 12.4. The van der Waals surface area contributed by atoms with Crippen LogP contribution in [0.25, 0.3) is 0 Å². The molecule has 2 rings (SSSR count). The summed E-state index contributed by atoms with van der Waals surface area (Å²) in [7, 11) is 0. The van der Waals surface area contributed by atoms with Crippen molar-refractivity contribution < 1.29 is 19.4 Å². The van der Waals surface area contributed by atoms with Crippen LogP contribution in [0.2, 0.25) is 0 Å². The highest BCUT2D eigenvalue weighted by Gasteiger charge is 2.28. The van der Waals surface area contributed by atoms with E-state index in [4.69, 9.17) is 15.6 Å². The van der Waals surface area contributed by atoms with Crippen LogP contribution < -0.4 is 5.73 Å². The van der Waals surface area contributed by atoms with Gasteiger partial charge in [0.25, 0.3) is 5.91 Å². The summed E-state index contributed by atoms with van der Waals surface area (Å²) in [5.74, 6) is -0.668. The minimum atomic E-state index is -0.524. The molecule has 0 spiro atoms. The van der Waals surface area contributed by atoms with Gasteiger partial charge >= 0.3 is 0 Å². The number of carbonyl (C=O) groups is 2. The smallest absolute Gasteiger partial charge is 0.254 e. The second-order valence-electron chi connectivity index (χ2n) is 4.90. The van der Waals surface area contributed by atoms with Crippen LogP contribution in [0, 0.1) is 0 Å². The maximum atomic E-state index is 12.4. The molecule has 2 unspecified atom stereocenters. The molecule has 1 saturated heterocycles. The van der Waals surface area contributed by atoms with E-state index in [1.54, 1.807) is 17.0 Å². The van der Waals surface area contributed by atoms with E-state index in [0.29, 0.717) is 24.2 Å². The maximum Gasteiger partial charge on any atom is 0.254 e. The van der Waals surface area contributed by atoms with Gasteiger partial charge in [0.15, 0.2) is 0 Å². The zero-order valence-electron chi connectivity index (χ0n) is 11.3.